The Morgan fingerprint density at radius 3 is 2.46 bits per heavy atom. The molecule has 202 valence electrons. The molecule has 2 aromatic carbocycles. The van der Waals surface area contributed by atoms with E-state index >= 15 is 0 Å². The monoisotopic (exact) mass is 530 g/mol. The first-order valence-electron chi connectivity index (χ1n) is 12.5. The number of ether oxygens (including phenoxy) is 1. The van der Waals surface area contributed by atoms with Gasteiger partial charge in [0.25, 0.3) is 5.91 Å². The van der Waals surface area contributed by atoms with E-state index < -0.39 is 11.8 Å². The highest BCUT2D eigenvalue weighted by Gasteiger charge is 2.22. The summed E-state index contributed by atoms with van der Waals surface area (Å²) in [5.41, 5.74) is 2.62. The highest BCUT2D eigenvalue weighted by molar-refractivity contribution is 5.99. The molecule has 0 bridgehead atoms. The minimum Gasteiger partial charge on any atom is -0.457 e. The van der Waals surface area contributed by atoms with Crippen molar-refractivity contribution >= 4 is 23.4 Å². The van der Waals surface area contributed by atoms with Crippen LogP contribution in [0, 0.1) is 5.82 Å². The molecule has 0 aliphatic carbocycles. The van der Waals surface area contributed by atoms with Crippen LogP contribution in [0.1, 0.15) is 49.4 Å². The van der Waals surface area contributed by atoms with Gasteiger partial charge in [0.2, 0.25) is 0 Å². The van der Waals surface area contributed by atoms with Gasteiger partial charge in [0, 0.05) is 36.9 Å². The quantitative estimate of drug-likeness (QED) is 0.269. The number of nitrogens with zero attached hydrogens (tertiary/aromatic N) is 3. The summed E-state index contributed by atoms with van der Waals surface area (Å²) >= 11 is 0. The number of amides is 3. The fourth-order valence-corrected chi connectivity index (χ4v) is 3.74. The molecule has 0 saturated carbocycles. The van der Waals surface area contributed by atoms with E-state index in [1.807, 2.05) is 51.1 Å². The number of urea groups is 1. The van der Waals surface area contributed by atoms with Crippen LogP contribution < -0.4 is 20.7 Å². The van der Waals surface area contributed by atoms with Crippen LogP contribution in [0.15, 0.2) is 66.9 Å². The number of hydrogen-bond acceptors (Lipinski definition) is 5. The maximum atomic E-state index is 14.9. The van der Waals surface area contributed by atoms with Crippen molar-refractivity contribution in [3.8, 4) is 17.2 Å². The highest BCUT2D eigenvalue weighted by atomic mass is 19.1. The molecule has 3 N–H and O–H groups in total. The van der Waals surface area contributed by atoms with Crippen molar-refractivity contribution in [3.63, 3.8) is 0 Å². The van der Waals surface area contributed by atoms with Crippen molar-refractivity contribution in [2.75, 3.05) is 17.7 Å². The first-order valence-corrected chi connectivity index (χ1v) is 12.5. The molecule has 9 nitrogen and oxygen atoms in total. The minimum atomic E-state index is -0.692. The third kappa shape index (κ3) is 6.59. The standard InChI is InChI=1S/C29H31FN6O3/c1-6-18-8-7-9-19(14-18)36-26(17-25(35-36)29(2,3)4)34-28(38)33-23-11-10-20(15-22(23)30)39-21-12-13-32-24(16-21)27(37)31-5/h7-17H,6H2,1-5H3,(H,31,37)(H2,33,34,38). The van der Waals surface area contributed by atoms with Crippen LogP contribution in [0.5, 0.6) is 11.5 Å². The Morgan fingerprint density at radius 1 is 1.00 bits per heavy atom. The van der Waals surface area contributed by atoms with Gasteiger partial charge in [-0.05, 0) is 42.3 Å². The van der Waals surface area contributed by atoms with Crippen molar-refractivity contribution in [1.82, 2.24) is 20.1 Å². The van der Waals surface area contributed by atoms with Crippen LogP contribution in [0.2, 0.25) is 0 Å². The number of halogens is 1. The first-order chi connectivity index (χ1) is 18.6. The molecular weight excluding hydrogens is 499 g/mol. The Balaban J connectivity index is 1.51. The van der Waals surface area contributed by atoms with Gasteiger partial charge in [-0.15, -0.1) is 0 Å². The van der Waals surface area contributed by atoms with Gasteiger partial charge in [-0.1, -0.05) is 39.8 Å². The number of anilines is 2. The van der Waals surface area contributed by atoms with Gasteiger partial charge in [0.05, 0.1) is 17.1 Å². The normalized spacial score (nSPS) is 11.1. The van der Waals surface area contributed by atoms with E-state index in [0.29, 0.717) is 11.6 Å². The third-order valence-electron chi connectivity index (χ3n) is 5.90. The molecule has 2 heterocycles. The lowest BCUT2D eigenvalue weighted by atomic mass is 9.92. The SMILES string of the molecule is CCc1cccc(-n2nc(C(C)(C)C)cc2NC(=O)Nc2ccc(Oc3ccnc(C(=O)NC)c3)cc2F)c1. The lowest BCUT2D eigenvalue weighted by molar-refractivity contribution is 0.0957. The third-order valence-corrected chi connectivity index (χ3v) is 5.90. The molecule has 10 heteroatoms. The smallest absolute Gasteiger partial charge is 0.324 e. The Bertz CT molecular complexity index is 1510. The van der Waals surface area contributed by atoms with E-state index in [4.69, 9.17) is 9.84 Å². The summed E-state index contributed by atoms with van der Waals surface area (Å²) < 4.78 is 22.2. The van der Waals surface area contributed by atoms with Gasteiger partial charge in [0.15, 0.2) is 0 Å². The van der Waals surface area contributed by atoms with E-state index in [1.54, 1.807) is 10.7 Å². The van der Waals surface area contributed by atoms with E-state index in [9.17, 15) is 14.0 Å². The van der Waals surface area contributed by atoms with Crippen LogP contribution in [-0.2, 0) is 11.8 Å². The summed E-state index contributed by atoms with van der Waals surface area (Å²) in [4.78, 5) is 28.7. The number of aryl methyl sites for hydroxylation is 1. The zero-order chi connectivity index (χ0) is 28.2. The average Bonchev–Trinajstić information content (AvgIpc) is 3.34. The maximum absolute atomic E-state index is 14.9. The highest BCUT2D eigenvalue weighted by Crippen LogP contribution is 2.28. The van der Waals surface area contributed by atoms with Crippen LogP contribution in [0.25, 0.3) is 5.69 Å². The summed E-state index contributed by atoms with van der Waals surface area (Å²) in [6.07, 6.45) is 2.28. The minimum absolute atomic E-state index is 0.0317. The molecule has 0 radical (unpaired) electrons. The fraction of sp³-hybridized carbons (Fsp3) is 0.241. The number of carbonyl (C=O) groups is 2. The first kappa shape index (κ1) is 27.3. The molecule has 4 aromatic rings. The van der Waals surface area contributed by atoms with Gasteiger partial charge < -0.3 is 15.4 Å². The summed E-state index contributed by atoms with van der Waals surface area (Å²) in [5, 5.41) is 12.6. The number of pyridine rings is 1. The van der Waals surface area contributed by atoms with E-state index in [2.05, 4.69) is 27.9 Å². The second kappa shape index (κ2) is 11.3. The fourth-order valence-electron chi connectivity index (χ4n) is 3.74. The Labute approximate surface area is 226 Å². The summed E-state index contributed by atoms with van der Waals surface area (Å²) in [6, 6.07) is 16.1. The van der Waals surface area contributed by atoms with Gasteiger partial charge >= 0.3 is 6.03 Å². The second-order valence-electron chi connectivity index (χ2n) is 9.88. The molecule has 0 aliphatic heterocycles. The molecule has 0 saturated heterocycles. The maximum Gasteiger partial charge on any atom is 0.324 e. The van der Waals surface area contributed by atoms with Crippen LogP contribution in [0.4, 0.5) is 20.7 Å². The summed E-state index contributed by atoms with van der Waals surface area (Å²) in [6.45, 7) is 8.18. The molecule has 3 amide bonds. The molecule has 0 spiro atoms. The summed E-state index contributed by atoms with van der Waals surface area (Å²) in [7, 11) is 1.50. The van der Waals surface area contributed by atoms with Gasteiger partial charge in [0.1, 0.15) is 28.8 Å². The predicted octanol–water partition coefficient (Wildman–Crippen LogP) is 6.06. The van der Waals surface area contributed by atoms with Gasteiger partial charge in [-0.2, -0.15) is 5.10 Å². The largest absolute Gasteiger partial charge is 0.457 e. The Morgan fingerprint density at radius 2 is 1.77 bits per heavy atom. The molecule has 0 unspecified atom stereocenters. The van der Waals surface area contributed by atoms with Crippen LogP contribution >= 0.6 is 0 Å². The summed E-state index contributed by atoms with van der Waals surface area (Å²) in [5.74, 6) is -0.0997. The van der Waals surface area contributed by atoms with Crippen molar-refractivity contribution in [2.45, 2.75) is 39.5 Å². The zero-order valence-electron chi connectivity index (χ0n) is 22.5. The lowest BCUT2D eigenvalue weighted by Crippen LogP contribution is -2.22. The number of hydrogen-bond donors (Lipinski definition) is 3. The number of rotatable bonds is 7. The molecule has 2 aromatic heterocycles. The van der Waals surface area contributed by atoms with E-state index in [-0.39, 0.29) is 28.5 Å². The molecule has 0 atom stereocenters. The average molecular weight is 531 g/mol. The van der Waals surface area contributed by atoms with Crippen LogP contribution in [-0.4, -0.2) is 33.8 Å². The molecular formula is C29H31FN6O3. The number of nitrogens with one attached hydrogen (secondary N) is 3. The van der Waals surface area contributed by atoms with E-state index in [0.717, 1.165) is 29.4 Å². The second-order valence-corrected chi connectivity index (χ2v) is 9.88. The van der Waals surface area contributed by atoms with E-state index in [1.165, 1.54) is 31.4 Å². The zero-order valence-corrected chi connectivity index (χ0v) is 22.5. The molecule has 0 fully saturated rings. The van der Waals surface area contributed by atoms with Crippen molar-refractivity contribution in [1.29, 1.82) is 0 Å². The van der Waals surface area contributed by atoms with Gasteiger partial charge in [-0.3, -0.25) is 15.1 Å². The topological polar surface area (TPSA) is 110 Å². The Kier molecular flexibility index (Phi) is 7.94. The Hall–Kier alpha value is -4.73. The molecule has 0 aliphatic rings. The number of aromatic nitrogens is 3. The molecule has 39 heavy (non-hydrogen) atoms. The number of benzene rings is 2. The van der Waals surface area contributed by atoms with Crippen molar-refractivity contribution < 1.29 is 18.7 Å². The van der Waals surface area contributed by atoms with Crippen molar-refractivity contribution in [2.24, 2.45) is 0 Å². The molecule has 4 rings (SSSR count). The van der Waals surface area contributed by atoms with Gasteiger partial charge in [-0.25, -0.2) is 13.9 Å². The van der Waals surface area contributed by atoms with Crippen molar-refractivity contribution in [3.05, 3.63) is 89.6 Å². The lowest BCUT2D eigenvalue weighted by Gasteiger charge is -2.14. The predicted molar refractivity (Wildman–Crippen MR) is 148 cm³/mol. The van der Waals surface area contributed by atoms with Crippen LogP contribution in [0.3, 0.4) is 0 Å². The number of carbonyl (C=O) groups excluding carboxylic acids is 2.